The van der Waals surface area contributed by atoms with Gasteiger partial charge in [0.25, 0.3) is 10.1 Å². The lowest BCUT2D eigenvalue weighted by Crippen LogP contribution is -2.31. The molecule has 0 saturated carbocycles. The van der Waals surface area contributed by atoms with Crippen LogP contribution < -0.4 is 0 Å². The van der Waals surface area contributed by atoms with Gasteiger partial charge in [0.2, 0.25) is 0 Å². The molecule has 1 saturated heterocycles. The van der Waals surface area contributed by atoms with Crippen LogP contribution in [0.3, 0.4) is 0 Å². The smallest absolute Gasteiger partial charge is 0.294 e. The van der Waals surface area contributed by atoms with Crippen LogP contribution in [0.5, 0.6) is 5.75 Å². The van der Waals surface area contributed by atoms with Gasteiger partial charge in [-0.15, -0.1) is 0 Å². The molecule has 8 heteroatoms. The Kier molecular flexibility index (Phi) is 9.29. The molecule has 1 unspecified atom stereocenters. The maximum Gasteiger partial charge on any atom is 0.294 e. The SMILES string of the molecule is Cc1ccc(S(=O)(=O)O)cc1.O=S(CCCN1CCCCC1)c1ccc(O)cc1. The first-order valence-corrected chi connectivity index (χ1v) is 12.5. The Balaban J connectivity index is 0.000000234. The first-order valence-electron chi connectivity index (χ1n) is 9.69. The summed E-state index contributed by atoms with van der Waals surface area (Å²) in [4.78, 5) is 3.21. The molecule has 0 bridgehead atoms. The van der Waals surface area contributed by atoms with Gasteiger partial charge in [-0.1, -0.05) is 24.1 Å². The zero-order valence-corrected chi connectivity index (χ0v) is 18.3. The van der Waals surface area contributed by atoms with E-state index in [1.54, 1.807) is 36.4 Å². The van der Waals surface area contributed by atoms with Gasteiger partial charge < -0.3 is 10.0 Å². The van der Waals surface area contributed by atoms with Crippen LogP contribution in [0.2, 0.25) is 0 Å². The van der Waals surface area contributed by atoms with E-state index >= 15 is 0 Å². The van der Waals surface area contributed by atoms with Gasteiger partial charge >= 0.3 is 0 Å². The molecule has 0 aromatic heterocycles. The molecule has 6 nitrogen and oxygen atoms in total. The van der Waals surface area contributed by atoms with Gasteiger partial charge in [-0.05, 0) is 82.2 Å². The summed E-state index contributed by atoms with van der Waals surface area (Å²) in [5.41, 5.74) is 0.956. The quantitative estimate of drug-likeness (QED) is 0.668. The number of piperidine rings is 1. The molecule has 1 atom stereocenters. The van der Waals surface area contributed by atoms with Crippen molar-refractivity contribution in [1.29, 1.82) is 0 Å². The summed E-state index contributed by atoms with van der Waals surface area (Å²) in [6.07, 6.45) is 4.95. The fourth-order valence-corrected chi connectivity index (χ4v) is 4.57. The van der Waals surface area contributed by atoms with Crippen LogP contribution in [0.4, 0.5) is 0 Å². The lowest BCUT2D eigenvalue weighted by Gasteiger charge is -2.26. The summed E-state index contributed by atoms with van der Waals surface area (Å²) in [5.74, 6) is 0.936. The van der Waals surface area contributed by atoms with E-state index in [-0.39, 0.29) is 10.6 Å². The van der Waals surface area contributed by atoms with Crippen molar-refractivity contribution in [3.05, 3.63) is 54.1 Å². The van der Waals surface area contributed by atoms with Gasteiger partial charge in [0.05, 0.1) is 15.7 Å². The lowest BCUT2D eigenvalue weighted by molar-refractivity contribution is 0.230. The van der Waals surface area contributed by atoms with E-state index in [9.17, 15) is 17.7 Å². The number of phenolic OH excluding ortho intramolecular Hbond substituents is 1. The topological polar surface area (TPSA) is 94.9 Å². The van der Waals surface area contributed by atoms with Crippen molar-refractivity contribution >= 4 is 20.9 Å². The monoisotopic (exact) mass is 439 g/mol. The summed E-state index contributed by atoms with van der Waals surface area (Å²) in [6.45, 7) is 5.30. The number of rotatable bonds is 6. The number of benzene rings is 2. The first-order chi connectivity index (χ1) is 13.8. The molecule has 0 aliphatic carbocycles. The van der Waals surface area contributed by atoms with Crippen LogP contribution in [0.1, 0.15) is 31.2 Å². The summed E-state index contributed by atoms with van der Waals surface area (Å²) in [7, 11) is -4.95. The average molecular weight is 440 g/mol. The van der Waals surface area contributed by atoms with Gasteiger partial charge in [-0.25, -0.2) is 0 Å². The molecule has 160 valence electrons. The second-order valence-corrected chi connectivity index (χ2v) is 10.1. The minimum atomic E-state index is -4.02. The van der Waals surface area contributed by atoms with Crippen molar-refractivity contribution in [2.45, 2.75) is 42.4 Å². The zero-order valence-electron chi connectivity index (χ0n) is 16.7. The van der Waals surface area contributed by atoms with Gasteiger partial charge in [0.15, 0.2) is 0 Å². The highest BCUT2D eigenvalue weighted by molar-refractivity contribution is 7.85. The molecule has 0 amide bonds. The van der Waals surface area contributed by atoms with Gasteiger partial charge in [0, 0.05) is 10.6 Å². The third-order valence-corrected chi connectivity index (χ3v) is 7.00. The minimum Gasteiger partial charge on any atom is -0.508 e. The number of hydrogen-bond acceptors (Lipinski definition) is 5. The molecule has 0 radical (unpaired) electrons. The molecule has 1 aliphatic heterocycles. The second kappa shape index (κ2) is 11.4. The molecule has 29 heavy (non-hydrogen) atoms. The third kappa shape index (κ3) is 8.65. The highest BCUT2D eigenvalue weighted by atomic mass is 32.2. The Hall–Kier alpha value is -1.74. The third-order valence-electron chi connectivity index (χ3n) is 4.67. The van der Waals surface area contributed by atoms with E-state index in [2.05, 4.69) is 4.90 Å². The predicted octanol–water partition coefficient (Wildman–Crippen LogP) is 3.62. The minimum absolute atomic E-state index is 0.0666. The fourth-order valence-electron chi connectivity index (χ4n) is 3.03. The van der Waals surface area contributed by atoms with Gasteiger partial charge in [0.1, 0.15) is 5.75 Å². The number of hydrogen-bond donors (Lipinski definition) is 2. The number of aryl methyl sites for hydroxylation is 1. The average Bonchev–Trinajstić information content (AvgIpc) is 2.69. The molecular formula is C21H29NO5S2. The number of nitrogens with zero attached hydrogens (tertiary/aromatic N) is 1. The van der Waals surface area contributed by atoms with Crippen LogP contribution in [0, 0.1) is 6.92 Å². The highest BCUT2D eigenvalue weighted by Crippen LogP contribution is 2.14. The maximum atomic E-state index is 12.0. The highest BCUT2D eigenvalue weighted by Gasteiger charge is 2.10. The molecule has 2 N–H and O–H groups in total. The standard InChI is InChI=1S/C14H21NO2S.C7H8O3S/c16-13-5-7-14(8-6-13)18(17)12-4-11-15-9-2-1-3-10-15;1-6-2-4-7(5-3-6)11(8,9)10/h5-8,16H,1-4,9-12H2;2-5H,1H3,(H,8,9,10). The Morgan fingerprint density at radius 2 is 1.55 bits per heavy atom. The van der Waals surface area contributed by atoms with E-state index in [0.29, 0.717) is 5.75 Å². The van der Waals surface area contributed by atoms with Crippen molar-refractivity contribution in [3.63, 3.8) is 0 Å². The second-order valence-electron chi connectivity index (χ2n) is 7.09. The Morgan fingerprint density at radius 1 is 0.966 bits per heavy atom. The van der Waals surface area contributed by atoms with Crippen LogP contribution in [-0.2, 0) is 20.9 Å². The van der Waals surface area contributed by atoms with E-state index in [1.165, 1.54) is 44.5 Å². The van der Waals surface area contributed by atoms with E-state index in [1.807, 2.05) is 6.92 Å². The van der Waals surface area contributed by atoms with E-state index in [4.69, 9.17) is 4.55 Å². The Bertz CT molecular complexity index is 874. The fraction of sp³-hybridized carbons (Fsp3) is 0.429. The van der Waals surface area contributed by atoms with Crippen molar-refractivity contribution in [2.24, 2.45) is 0 Å². The predicted molar refractivity (Wildman–Crippen MR) is 115 cm³/mol. The van der Waals surface area contributed by atoms with E-state index in [0.717, 1.165) is 23.4 Å². The number of aromatic hydroxyl groups is 1. The lowest BCUT2D eigenvalue weighted by atomic mass is 10.1. The molecule has 0 spiro atoms. The number of likely N-dealkylation sites (tertiary alicyclic amines) is 1. The maximum absolute atomic E-state index is 12.0. The Morgan fingerprint density at radius 3 is 2.10 bits per heavy atom. The largest absolute Gasteiger partial charge is 0.508 e. The van der Waals surface area contributed by atoms with Crippen molar-refractivity contribution in [3.8, 4) is 5.75 Å². The molecular weight excluding hydrogens is 410 g/mol. The molecule has 1 heterocycles. The van der Waals surface area contributed by atoms with Crippen LogP contribution in [0.25, 0.3) is 0 Å². The van der Waals surface area contributed by atoms with Crippen molar-refractivity contribution in [2.75, 3.05) is 25.4 Å². The van der Waals surface area contributed by atoms with Crippen LogP contribution in [0.15, 0.2) is 58.3 Å². The van der Waals surface area contributed by atoms with Crippen molar-refractivity contribution in [1.82, 2.24) is 4.90 Å². The van der Waals surface area contributed by atoms with Crippen LogP contribution >= 0.6 is 0 Å². The molecule has 2 aromatic rings. The van der Waals surface area contributed by atoms with Gasteiger partial charge in [-0.2, -0.15) is 8.42 Å². The van der Waals surface area contributed by atoms with Crippen LogP contribution in [-0.4, -0.2) is 52.6 Å². The summed E-state index contributed by atoms with van der Waals surface area (Å²) in [5, 5.41) is 9.18. The molecule has 1 fully saturated rings. The summed E-state index contributed by atoms with van der Waals surface area (Å²) in [6, 6.07) is 12.7. The molecule has 2 aromatic carbocycles. The molecule has 1 aliphatic rings. The molecule has 3 rings (SSSR count). The summed E-state index contributed by atoms with van der Waals surface area (Å²) >= 11 is 0. The Labute approximate surface area is 175 Å². The summed E-state index contributed by atoms with van der Waals surface area (Å²) < 4.78 is 41.6. The zero-order chi connectivity index (χ0) is 21.3. The van der Waals surface area contributed by atoms with Crippen molar-refractivity contribution < 1.29 is 22.3 Å². The van der Waals surface area contributed by atoms with E-state index < -0.39 is 20.9 Å². The normalized spacial score (nSPS) is 15.9. The van der Waals surface area contributed by atoms with Gasteiger partial charge in [-0.3, -0.25) is 8.76 Å². The number of phenols is 1. The first kappa shape index (κ1) is 23.5.